The Balaban J connectivity index is 2.23. The van der Waals surface area contributed by atoms with Gasteiger partial charge < -0.3 is 5.73 Å². The summed E-state index contributed by atoms with van der Waals surface area (Å²) in [5.41, 5.74) is 7.59. The standard InChI is InChI=1S/C15H21BrClN/c1-2-10-5-3-4-6-12(10)15(18)13-9-11(16)7-8-14(13)17/h7-10,12,15H,2-6,18H2,1H3. The Kier molecular flexibility index (Phi) is 5.11. The highest BCUT2D eigenvalue weighted by Gasteiger charge is 2.30. The molecular formula is C15H21BrClN. The first-order valence-corrected chi connectivity index (χ1v) is 8.01. The summed E-state index contributed by atoms with van der Waals surface area (Å²) in [4.78, 5) is 0. The fourth-order valence-corrected chi connectivity index (χ4v) is 3.84. The van der Waals surface area contributed by atoms with Gasteiger partial charge in [-0.05, 0) is 42.0 Å². The number of hydrogen-bond acceptors (Lipinski definition) is 1. The van der Waals surface area contributed by atoms with Crippen LogP contribution in [-0.4, -0.2) is 0 Å². The lowest BCUT2D eigenvalue weighted by Crippen LogP contribution is -2.30. The molecule has 3 unspecified atom stereocenters. The lowest BCUT2D eigenvalue weighted by Gasteiger charge is -2.35. The molecule has 100 valence electrons. The zero-order chi connectivity index (χ0) is 13.1. The molecule has 0 aromatic heterocycles. The first kappa shape index (κ1) is 14.4. The van der Waals surface area contributed by atoms with Gasteiger partial charge >= 0.3 is 0 Å². The second kappa shape index (κ2) is 6.40. The number of nitrogens with two attached hydrogens (primary N) is 1. The molecule has 1 nitrogen and oxygen atoms in total. The van der Waals surface area contributed by atoms with Crippen molar-refractivity contribution >= 4 is 27.5 Å². The molecule has 0 bridgehead atoms. The van der Waals surface area contributed by atoms with Crippen molar-refractivity contribution in [3.05, 3.63) is 33.3 Å². The van der Waals surface area contributed by atoms with E-state index in [-0.39, 0.29) is 6.04 Å². The fraction of sp³-hybridized carbons (Fsp3) is 0.600. The molecule has 1 aliphatic carbocycles. The summed E-state index contributed by atoms with van der Waals surface area (Å²) in [5.74, 6) is 1.33. The molecule has 18 heavy (non-hydrogen) atoms. The Morgan fingerprint density at radius 1 is 1.39 bits per heavy atom. The predicted molar refractivity (Wildman–Crippen MR) is 81.8 cm³/mol. The van der Waals surface area contributed by atoms with E-state index in [1.54, 1.807) is 0 Å². The van der Waals surface area contributed by atoms with E-state index in [1.807, 2.05) is 12.1 Å². The maximum absolute atomic E-state index is 6.50. The van der Waals surface area contributed by atoms with Crippen molar-refractivity contribution in [3.8, 4) is 0 Å². The molecule has 1 aromatic carbocycles. The van der Waals surface area contributed by atoms with Crippen molar-refractivity contribution in [1.29, 1.82) is 0 Å². The zero-order valence-corrected chi connectivity index (χ0v) is 13.2. The summed E-state index contributed by atoms with van der Waals surface area (Å²) < 4.78 is 1.06. The molecule has 1 aliphatic rings. The maximum atomic E-state index is 6.50. The molecule has 2 N–H and O–H groups in total. The van der Waals surface area contributed by atoms with E-state index in [0.717, 1.165) is 21.0 Å². The molecule has 0 heterocycles. The van der Waals surface area contributed by atoms with Gasteiger partial charge in [0.05, 0.1) is 0 Å². The predicted octanol–water partition coefficient (Wildman–Crippen LogP) is 5.32. The van der Waals surface area contributed by atoms with Crippen LogP contribution in [0.15, 0.2) is 22.7 Å². The second-order valence-corrected chi connectivity index (χ2v) is 6.63. The number of benzene rings is 1. The first-order valence-electron chi connectivity index (χ1n) is 6.84. The van der Waals surface area contributed by atoms with E-state index in [9.17, 15) is 0 Å². The van der Waals surface area contributed by atoms with Crippen molar-refractivity contribution in [3.63, 3.8) is 0 Å². The van der Waals surface area contributed by atoms with Crippen molar-refractivity contribution in [1.82, 2.24) is 0 Å². The smallest absolute Gasteiger partial charge is 0.0454 e. The molecule has 3 atom stereocenters. The number of rotatable bonds is 3. The number of halogens is 2. The van der Waals surface area contributed by atoms with Crippen LogP contribution in [0.3, 0.4) is 0 Å². The van der Waals surface area contributed by atoms with Crippen molar-refractivity contribution in [2.75, 3.05) is 0 Å². The fourth-order valence-electron chi connectivity index (χ4n) is 3.22. The summed E-state index contributed by atoms with van der Waals surface area (Å²) in [6.07, 6.45) is 6.45. The number of hydrogen-bond donors (Lipinski definition) is 1. The summed E-state index contributed by atoms with van der Waals surface area (Å²) >= 11 is 9.81. The minimum Gasteiger partial charge on any atom is -0.324 e. The van der Waals surface area contributed by atoms with Gasteiger partial charge in [-0.25, -0.2) is 0 Å². The Morgan fingerprint density at radius 3 is 2.83 bits per heavy atom. The minimum atomic E-state index is 0.0697. The lowest BCUT2D eigenvalue weighted by molar-refractivity contribution is 0.196. The van der Waals surface area contributed by atoms with Gasteiger partial charge in [-0.3, -0.25) is 0 Å². The highest BCUT2D eigenvalue weighted by molar-refractivity contribution is 9.10. The lowest BCUT2D eigenvalue weighted by atomic mass is 9.72. The summed E-state index contributed by atoms with van der Waals surface area (Å²) in [6, 6.07) is 6.05. The molecule has 0 saturated heterocycles. The van der Waals surface area contributed by atoms with Crippen LogP contribution in [0.1, 0.15) is 50.6 Å². The average Bonchev–Trinajstić information content (AvgIpc) is 2.40. The van der Waals surface area contributed by atoms with Crippen molar-refractivity contribution in [2.24, 2.45) is 17.6 Å². The van der Waals surface area contributed by atoms with Crippen molar-refractivity contribution in [2.45, 2.75) is 45.1 Å². The minimum absolute atomic E-state index is 0.0697. The third-order valence-electron chi connectivity index (χ3n) is 4.27. The van der Waals surface area contributed by atoms with E-state index in [2.05, 4.69) is 28.9 Å². The van der Waals surface area contributed by atoms with Crippen LogP contribution in [0.4, 0.5) is 0 Å². The average molecular weight is 331 g/mol. The Labute approximate surface area is 123 Å². The molecule has 0 amide bonds. The molecule has 2 rings (SSSR count). The van der Waals surface area contributed by atoms with E-state index in [0.29, 0.717) is 5.92 Å². The normalized spacial score (nSPS) is 26.0. The monoisotopic (exact) mass is 329 g/mol. The van der Waals surface area contributed by atoms with Gasteiger partial charge in [0, 0.05) is 15.5 Å². The van der Waals surface area contributed by atoms with Gasteiger partial charge in [0.25, 0.3) is 0 Å². The molecule has 0 spiro atoms. The van der Waals surface area contributed by atoms with Crippen LogP contribution in [0.2, 0.25) is 5.02 Å². The second-order valence-electron chi connectivity index (χ2n) is 5.31. The Morgan fingerprint density at radius 2 is 2.11 bits per heavy atom. The van der Waals surface area contributed by atoms with Crippen LogP contribution in [0.5, 0.6) is 0 Å². The summed E-state index contributed by atoms with van der Waals surface area (Å²) in [7, 11) is 0. The summed E-state index contributed by atoms with van der Waals surface area (Å²) in [6.45, 7) is 2.28. The Bertz CT molecular complexity index is 407. The van der Waals surface area contributed by atoms with Crippen LogP contribution < -0.4 is 5.73 Å². The van der Waals surface area contributed by atoms with Crippen LogP contribution in [0.25, 0.3) is 0 Å². The van der Waals surface area contributed by atoms with Crippen molar-refractivity contribution < 1.29 is 0 Å². The largest absolute Gasteiger partial charge is 0.324 e. The quantitative estimate of drug-likeness (QED) is 0.797. The molecule has 1 fully saturated rings. The molecule has 0 aliphatic heterocycles. The highest BCUT2D eigenvalue weighted by atomic mass is 79.9. The molecule has 0 radical (unpaired) electrons. The van der Waals surface area contributed by atoms with Gasteiger partial charge in [0.15, 0.2) is 0 Å². The van der Waals surface area contributed by atoms with Gasteiger partial charge in [0.2, 0.25) is 0 Å². The van der Waals surface area contributed by atoms with Crippen LogP contribution in [0, 0.1) is 11.8 Å². The van der Waals surface area contributed by atoms with E-state index in [1.165, 1.54) is 32.1 Å². The van der Waals surface area contributed by atoms with Gasteiger partial charge in [-0.2, -0.15) is 0 Å². The first-order chi connectivity index (χ1) is 8.63. The maximum Gasteiger partial charge on any atom is 0.0454 e. The third kappa shape index (κ3) is 3.09. The van der Waals surface area contributed by atoms with E-state index >= 15 is 0 Å². The Hall–Kier alpha value is -0.0500. The molecule has 3 heteroatoms. The topological polar surface area (TPSA) is 26.0 Å². The van der Waals surface area contributed by atoms with Gasteiger partial charge in [0.1, 0.15) is 0 Å². The van der Waals surface area contributed by atoms with Gasteiger partial charge in [-0.1, -0.05) is 60.1 Å². The SMILES string of the molecule is CCC1CCCCC1C(N)c1cc(Br)ccc1Cl. The van der Waals surface area contributed by atoms with Crippen LogP contribution >= 0.6 is 27.5 Å². The molecule has 1 aromatic rings. The summed E-state index contributed by atoms with van der Waals surface area (Å²) in [5, 5.41) is 0.797. The highest BCUT2D eigenvalue weighted by Crippen LogP contribution is 2.41. The van der Waals surface area contributed by atoms with Gasteiger partial charge in [-0.15, -0.1) is 0 Å². The molecule has 1 saturated carbocycles. The third-order valence-corrected chi connectivity index (χ3v) is 5.11. The van der Waals surface area contributed by atoms with Crippen LogP contribution in [-0.2, 0) is 0 Å². The molecular weight excluding hydrogens is 310 g/mol. The zero-order valence-electron chi connectivity index (χ0n) is 10.8. The van der Waals surface area contributed by atoms with E-state index in [4.69, 9.17) is 17.3 Å². The van der Waals surface area contributed by atoms with E-state index < -0.39 is 0 Å².